The molecule has 9 nitrogen and oxygen atoms in total. The lowest BCUT2D eigenvalue weighted by atomic mass is 9.93. The second-order valence-electron chi connectivity index (χ2n) is 12.0. The van der Waals surface area contributed by atoms with Crippen LogP contribution in [-0.4, -0.2) is 43.5 Å². The van der Waals surface area contributed by atoms with Crippen molar-refractivity contribution in [2.45, 2.75) is 57.2 Å². The SMILES string of the molecule is Cc1nnc(-c2c(CCc3ccc(F)cc3)nc3c(c2-c2ccc(C(=O)N[C@@H]4C[C@@H](O)c5ccccc54)s2)C(=O)N2CCC[C@@H]32)o1. The minimum absolute atomic E-state index is 0.0847. The lowest BCUT2D eigenvalue weighted by Crippen LogP contribution is -2.26. The van der Waals surface area contributed by atoms with Gasteiger partial charge in [0.15, 0.2) is 0 Å². The fourth-order valence-electron chi connectivity index (χ4n) is 7.09. The van der Waals surface area contributed by atoms with Crippen molar-refractivity contribution in [1.82, 2.24) is 25.4 Å². The zero-order valence-corrected chi connectivity index (χ0v) is 25.8. The van der Waals surface area contributed by atoms with Gasteiger partial charge in [-0.25, -0.2) is 4.39 Å². The third-order valence-corrected chi connectivity index (χ3v) is 10.3. The number of carbonyl (C=O) groups excluding carboxylic acids is 2. The summed E-state index contributed by atoms with van der Waals surface area (Å²) in [6.07, 6.45) is 2.59. The number of fused-ring (bicyclic) bond motifs is 4. The summed E-state index contributed by atoms with van der Waals surface area (Å²) in [6, 6.07) is 17.2. The number of nitrogens with zero attached hydrogens (tertiary/aromatic N) is 4. The van der Waals surface area contributed by atoms with Gasteiger partial charge in [-0.15, -0.1) is 21.5 Å². The molecule has 0 bridgehead atoms. The van der Waals surface area contributed by atoms with E-state index in [1.807, 2.05) is 35.2 Å². The minimum atomic E-state index is -0.631. The van der Waals surface area contributed by atoms with E-state index >= 15 is 0 Å². The molecule has 5 aromatic rings. The smallest absolute Gasteiger partial charge is 0.261 e. The molecule has 3 aliphatic rings. The van der Waals surface area contributed by atoms with Crippen molar-refractivity contribution in [2.75, 3.05) is 6.54 Å². The maximum atomic E-state index is 14.0. The Labute approximate surface area is 268 Å². The van der Waals surface area contributed by atoms with Crippen LogP contribution < -0.4 is 5.32 Å². The summed E-state index contributed by atoms with van der Waals surface area (Å²) in [6.45, 7) is 2.37. The summed E-state index contributed by atoms with van der Waals surface area (Å²) in [5, 5.41) is 22.1. The number of carbonyl (C=O) groups is 2. The number of hydrogen-bond donors (Lipinski definition) is 2. The molecule has 1 saturated heterocycles. The number of nitrogens with one attached hydrogen (secondary N) is 1. The number of aliphatic hydroxyl groups is 1. The van der Waals surface area contributed by atoms with E-state index in [4.69, 9.17) is 9.40 Å². The first kappa shape index (κ1) is 28.7. The summed E-state index contributed by atoms with van der Waals surface area (Å²) < 4.78 is 19.6. The largest absolute Gasteiger partial charge is 0.421 e. The number of hydrogen-bond acceptors (Lipinski definition) is 8. The van der Waals surface area contributed by atoms with Crippen molar-refractivity contribution in [1.29, 1.82) is 0 Å². The molecule has 3 atom stereocenters. The number of aryl methyl sites for hydroxylation is 3. The van der Waals surface area contributed by atoms with Crippen LogP contribution in [0.4, 0.5) is 4.39 Å². The van der Waals surface area contributed by atoms with Crippen molar-refractivity contribution in [3.05, 3.63) is 111 Å². The Morgan fingerprint density at radius 1 is 1.04 bits per heavy atom. The number of aromatic nitrogens is 3. The average molecular weight is 636 g/mol. The Morgan fingerprint density at radius 2 is 1.85 bits per heavy atom. The zero-order chi connectivity index (χ0) is 31.5. The molecule has 1 aliphatic carbocycles. The third-order valence-electron chi connectivity index (χ3n) is 9.22. The van der Waals surface area contributed by atoms with E-state index in [0.29, 0.717) is 59.0 Å². The second kappa shape index (κ2) is 11.3. The van der Waals surface area contributed by atoms with Gasteiger partial charge in [0.1, 0.15) is 5.82 Å². The molecule has 0 spiro atoms. The molecule has 3 aromatic heterocycles. The van der Waals surface area contributed by atoms with Crippen LogP contribution in [0.1, 0.15) is 91.4 Å². The molecule has 232 valence electrons. The maximum absolute atomic E-state index is 14.0. The van der Waals surface area contributed by atoms with Gasteiger partial charge < -0.3 is 19.7 Å². The van der Waals surface area contributed by atoms with Crippen molar-refractivity contribution in [3.63, 3.8) is 0 Å². The van der Waals surface area contributed by atoms with Gasteiger partial charge >= 0.3 is 0 Å². The van der Waals surface area contributed by atoms with Crippen LogP contribution in [0.5, 0.6) is 0 Å². The van der Waals surface area contributed by atoms with Crippen LogP contribution in [0.3, 0.4) is 0 Å². The number of halogens is 1. The topological polar surface area (TPSA) is 121 Å². The third kappa shape index (κ3) is 4.81. The Bertz CT molecular complexity index is 2000. The van der Waals surface area contributed by atoms with Crippen molar-refractivity contribution in [3.8, 4) is 21.9 Å². The Hall–Kier alpha value is -4.74. The first-order chi connectivity index (χ1) is 22.4. The molecule has 0 saturated carbocycles. The van der Waals surface area contributed by atoms with Gasteiger partial charge in [-0.1, -0.05) is 36.4 Å². The highest BCUT2D eigenvalue weighted by atomic mass is 32.1. The van der Waals surface area contributed by atoms with E-state index in [2.05, 4.69) is 15.5 Å². The number of rotatable bonds is 7. The molecule has 2 N–H and O–H groups in total. The summed E-state index contributed by atoms with van der Waals surface area (Å²) in [4.78, 5) is 35.8. The first-order valence-corrected chi connectivity index (χ1v) is 16.3. The van der Waals surface area contributed by atoms with Gasteiger partial charge in [-0.2, -0.15) is 0 Å². The Morgan fingerprint density at radius 3 is 2.63 bits per heavy atom. The van der Waals surface area contributed by atoms with Crippen LogP contribution >= 0.6 is 11.3 Å². The molecule has 0 radical (unpaired) electrons. The number of aliphatic hydroxyl groups excluding tert-OH is 1. The van der Waals surface area contributed by atoms with Crippen molar-refractivity contribution < 1.29 is 23.5 Å². The summed E-state index contributed by atoms with van der Waals surface area (Å²) in [7, 11) is 0. The van der Waals surface area contributed by atoms with Gasteiger partial charge in [0.25, 0.3) is 11.8 Å². The molecule has 2 aromatic carbocycles. The van der Waals surface area contributed by atoms with Gasteiger partial charge in [0.2, 0.25) is 11.8 Å². The highest BCUT2D eigenvalue weighted by Gasteiger charge is 2.45. The van der Waals surface area contributed by atoms with Gasteiger partial charge in [-0.3, -0.25) is 14.6 Å². The molecular weight excluding hydrogens is 605 g/mol. The van der Waals surface area contributed by atoms with Crippen LogP contribution in [0, 0.1) is 12.7 Å². The van der Waals surface area contributed by atoms with E-state index in [1.54, 1.807) is 25.1 Å². The molecule has 8 rings (SSSR count). The second-order valence-corrected chi connectivity index (χ2v) is 13.1. The summed E-state index contributed by atoms with van der Waals surface area (Å²) in [5.74, 6) is -0.00155. The zero-order valence-electron chi connectivity index (χ0n) is 25.0. The predicted molar refractivity (Wildman–Crippen MR) is 169 cm³/mol. The molecular formula is C35H30FN5O4S. The molecule has 5 heterocycles. The quantitative estimate of drug-likeness (QED) is 0.216. The number of thiophene rings is 1. The van der Waals surface area contributed by atoms with Gasteiger partial charge in [0, 0.05) is 30.3 Å². The lowest BCUT2D eigenvalue weighted by Gasteiger charge is -2.16. The monoisotopic (exact) mass is 635 g/mol. The Kier molecular flexibility index (Phi) is 7.02. The van der Waals surface area contributed by atoms with Crippen LogP contribution in [0.2, 0.25) is 0 Å². The molecule has 0 unspecified atom stereocenters. The van der Waals surface area contributed by atoms with E-state index in [-0.39, 0.29) is 35.6 Å². The van der Waals surface area contributed by atoms with Gasteiger partial charge in [-0.05, 0) is 66.6 Å². The molecule has 2 amide bonds. The van der Waals surface area contributed by atoms with E-state index in [1.165, 1.54) is 23.5 Å². The van der Waals surface area contributed by atoms with E-state index in [0.717, 1.165) is 40.1 Å². The fourth-order valence-corrected chi connectivity index (χ4v) is 8.06. The van der Waals surface area contributed by atoms with Crippen LogP contribution in [-0.2, 0) is 12.8 Å². The molecule has 11 heteroatoms. The maximum Gasteiger partial charge on any atom is 0.261 e. The van der Waals surface area contributed by atoms with Crippen molar-refractivity contribution >= 4 is 23.2 Å². The predicted octanol–water partition coefficient (Wildman–Crippen LogP) is 6.29. The Balaban J connectivity index is 1.22. The van der Waals surface area contributed by atoms with Crippen LogP contribution in [0.25, 0.3) is 21.9 Å². The summed E-state index contributed by atoms with van der Waals surface area (Å²) in [5.41, 5.74) is 5.89. The number of pyridine rings is 1. The van der Waals surface area contributed by atoms with Gasteiger partial charge in [0.05, 0.1) is 45.6 Å². The minimum Gasteiger partial charge on any atom is -0.421 e. The summed E-state index contributed by atoms with van der Waals surface area (Å²) >= 11 is 1.29. The lowest BCUT2D eigenvalue weighted by molar-refractivity contribution is 0.0775. The van der Waals surface area contributed by atoms with E-state index in [9.17, 15) is 19.1 Å². The fraction of sp³-hybridized carbons (Fsp3) is 0.286. The molecule has 2 aliphatic heterocycles. The molecule has 46 heavy (non-hydrogen) atoms. The standard InChI is InChI=1S/C35H30FN5O4S/c1-18-39-40-34(45-18)29-23(13-10-19-8-11-20(36)12-9-19)37-32-25-7-4-16-41(25)35(44)31(32)30(29)27-14-15-28(46-27)33(43)38-24-17-26(42)22-6-3-2-5-21(22)24/h2-3,5-6,8-9,11-12,14-15,24-26,42H,4,7,10,13,16-17H2,1H3,(H,38,43)/t24-,25+,26-/m1/s1. The van der Waals surface area contributed by atoms with E-state index < -0.39 is 6.10 Å². The number of amides is 2. The highest BCUT2D eigenvalue weighted by Crippen LogP contribution is 2.49. The van der Waals surface area contributed by atoms with Crippen molar-refractivity contribution in [2.24, 2.45) is 0 Å². The van der Waals surface area contributed by atoms with Crippen LogP contribution in [0.15, 0.2) is 65.1 Å². The number of benzene rings is 2. The first-order valence-electron chi connectivity index (χ1n) is 15.5. The molecule has 1 fully saturated rings. The normalized spacial score (nSPS) is 19.8. The average Bonchev–Trinajstić information content (AvgIpc) is 3.89. The highest BCUT2D eigenvalue weighted by molar-refractivity contribution is 7.17.